The molecule has 1 N–H and O–H groups in total. The zero-order valence-corrected chi connectivity index (χ0v) is 8.84. The second-order valence-electron chi connectivity index (χ2n) is 4.03. The minimum absolute atomic E-state index is 0.0328. The number of hydrogen-bond donors (Lipinski definition) is 1. The van der Waals surface area contributed by atoms with Crippen molar-refractivity contribution in [3.63, 3.8) is 0 Å². The fourth-order valence-corrected chi connectivity index (χ4v) is 2.33. The zero-order valence-electron chi connectivity index (χ0n) is 8.84. The van der Waals surface area contributed by atoms with Gasteiger partial charge in [0.2, 0.25) is 5.91 Å². The molecule has 1 saturated heterocycles. The van der Waals surface area contributed by atoms with Crippen LogP contribution < -0.4 is 5.32 Å². The van der Waals surface area contributed by atoms with E-state index in [1.54, 1.807) is 7.11 Å². The summed E-state index contributed by atoms with van der Waals surface area (Å²) in [5.41, 5.74) is 1.68. The van der Waals surface area contributed by atoms with Crippen molar-refractivity contribution in [1.82, 2.24) is 5.32 Å². The molecule has 82 valence electrons. The van der Waals surface area contributed by atoms with Crippen LogP contribution in [0.4, 0.5) is 0 Å². The van der Waals surface area contributed by atoms with E-state index in [0.717, 1.165) is 31.3 Å². The summed E-state index contributed by atoms with van der Waals surface area (Å²) >= 11 is 0. The Morgan fingerprint density at radius 1 is 1.33 bits per heavy atom. The van der Waals surface area contributed by atoms with Crippen molar-refractivity contribution in [2.75, 3.05) is 7.11 Å². The van der Waals surface area contributed by atoms with Gasteiger partial charge in [-0.25, -0.2) is 0 Å². The van der Waals surface area contributed by atoms with Gasteiger partial charge in [0.25, 0.3) is 5.91 Å². The molecule has 1 aliphatic heterocycles. The lowest BCUT2D eigenvalue weighted by molar-refractivity contribution is -0.124. The Kier molecular flexibility index (Phi) is 2.86. The summed E-state index contributed by atoms with van der Waals surface area (Å²) in [6.45, 7) is 0. The van der Waals surface area contributed by atoms with Gasteiger partial charge in [0.1, 0.15) is 0 Å². The molecule has 1 aliphatic carbocycles. The number of methoxy groups -OCH3 is 1. The molecule has 0 bridgehead atoms. The van der Waals surface area contributed by atoms with Gasteiger partial charge >= 0.3 is 0 Å². The fraction of sp³-hybridized carbons (Fsp3) is 0.636. The standard InChI is InChI=1S/C11H15NO3/c1-15-9-5-3-2-4-7(9)8-6-10(13)12-11(8)14/h9H,2-6H2,1H3,(H,12,13,14). The SMILES string of the molecule is COC1CCCCC1=C1CC(=O)NC1=O. The summed E-state index contributed by atoms with van der Waals surface area (Å²) in [6.07, 6.45) is 4.31. The lowest BCUT2D eigenvalue weighted by Crippen LogP contribution is -2.23. The lowest BCUT2D eigenvalue weighted by Gasteiger charge is -2.25. The van der Waals surface area contributed by atoms with Crippen molar-refractivity contribution < 1.29 is 14.3 Å². The summed E-state index contributed by atoms with van der Waals surface area (Å²) in [4.78, 5) is 22.6. The first-order chi connectivity index (χ1) is 7.22. The van der Waals surface area contributed by atoms with Gasteiger partial charge in [0.05, 0.1) is 12.5 Å². The molecule has 0 radical (unpaired) electrons. The van der Waals surface area contributed by atoms with E-state index in [4.69, 9.17) is 4.74 Å². The van der Waals surface area contributed by atoms with Gasteiger partial charge in [0, 0.05) is 12.7 Å². The van der Waals surface area contributed by atoms with Crippen molar-refractivity contribution in [3.8, 4) is 0 Å². The number of rotatable bonds is 1. The van der Waals surface area contributed by atoms with E-state index in [0.29, 0.717) is 5.57 Å². The number of ether oxygens (including phenoxy) is 1. The molecule has 1 unspecified atom stereocenters. The number of amides is 2. The Bertz CT molecular complexity index is 333. The van der Waals surface area contributed by atoms with Crippen LogP contribution >= 0.6 is 0 Å². The van der Waals surface area contributed by atoms with Crippen LogP contribution in [-0.2, 0) is 14.3 Å². The first kappa shape index (κ1) is 10.4. The molecule has 2 amide bonds. The van der Waals surface area contributed by atoms with Crippen molar-refractivity contribution in [1.29, 1.82) is 0 Å². The van der Waals surface area contributed by atoms with E-state index in [1.807, 2.05) is 0 Å². The van der Waals surface area contributed by atoms with Crippen LogP contribution in [-0.4, -0.2) is 25.0 Å². The van der Waals surface area contributed by atoms with Crippen molar-refractivity contribution >= 4 is 11.8 Å². The minimum atomic E-state index is -0.223. The average molecular weight is 209 g/mol. The molecule has 1 heterocycles. The highest BCUT2D eigenvalue weighted by atomic mass is 16.5. The molecule has 15 heavy (non-hydrogen) atoms. The van der Waals surface area contributed by atoms with Crippen LogP contribution in [0.5, 0.6) is 0 Å². The second-order valence-corrected chi connectivity index (χ2v) is 4.03. The van der Waals surface area contributed by atoms with Crippen molar-refractivity contribution in [2.45, 2.75) is 38.2 Å². The van der Waals surface area contributed by atoms with Gasteiger partial charge in [-0.05, 0) is 24.8 Å². The summed E-state index contributed by atoms with van der Waals surface area (Å²) in [5, 5.41) is 2.32. The molecule has 2 fully saturated rings. The molecule has 2 rings (SSSR count). The molecule has 0 aromatic rings. The lowest BCUT2D eigenvalue weighted by atomic mass is 9.88. The molecule has 2 aliphatic rings. The van der Waals surface area contributed by atoms with E-state index in [9.17, 15) is 9.59 Å². The Morgan fingerprint density at radius 2 is 2.13 bits per heavy atom. The van der Waals surface area contributed by atoms with E-state index >= 15 is 0 Å². The molecule has 1 saturated carbocycles. The largest absolute Gasteiger partial charge is 0.377 e. The molecular formula is C11H15NO3. The van der Waals surface area contributed by atoms with E-state index < -0.39 is 0 Å². The Morgan fingerprint density at radius 3 is 2.73 bits per heavy atom. The topological polar surface area (TPSA) is 55.4 Å². The molecule has 1 atom stereocenters. The Balaban J connectivity index is 2.28. The van der Waals surface area contributed by atoms with E-state index in [1.165, 1.54) is 0 Å². The maximum Gasteiger partial charge on any atom is 0.254 e. The third-order valence-corrected chi connectivity index (χ3v) is 3.09. The fourth-order valence-electron chi connectivity index (χ4n) is 2.33. The molecule has 4 heteroatoms. The van der Waals surface area contributed by atoms with Gasteiger partial charge in [-0.2, -0.15) is 0 Å². The van der Waals surface area contributed by atoms with E-state index in [-0.39, 0.29) is 24.3 Å². The van der Waals surface area contributed by atoms with Crippen molar-refractivity contribution in [2.24, 2.45) is 0 Å². The normalized spacial score (nSPS) is 31.9. The van der Waals surface area contributed by atoms with Crippen LogP contribution in [0.25, 0.3) is 0 Å². The summed E-state index contributed by atoms with van der Waals surface area (Å²) < 4.78 is 5.35. The quantitative estimate of drug-likeness (QED) is 0.516. The number of carbonyl (C=O) groups is 2. The Hall–Kier alpha value is -1.16. The summed E-state index contributed by atoms with van der Waals surface area (Å²) in [5.74, 6) is -0.415. The smallest absolute Gasteiger partial charge is 0.254 e. The van der Waals surface area contributed by atoms with Gasteiger partial charge in [-0.1, -0.05) is 6.42 Å². The minimum Gasteiger partial charge on any atom is -0.377 e. The number of nitrogens with one attached hydrogen (secondary N) is 1. The van der Waals surface area contributed by atoms with Crippen LogP contribution in [0.2, 0.25) is 0 Å². The van der Waals surface area contributed by atoms with Crippen LogP contribution in [0, 0.1) is 0 Å². The average Bonchev–Trinajstić information content (AvgIpc) is 2.57. The molecule has 0 spiro atoms. The van der Waals surface area contributed by atoms with Crippen LogP contribution in [0.15, 0.2) is 11.1 Å². The molecule has 0 aromatic heterocycles. The highest BCUT2D eigenvalue weighted by molar-refractivity contribution is 6.13. The number of carbonyl (C=O) groups excluding carboxylic acids is 2. The zero-order chi connectivity index (χ0) is 10.8. The highest BCUT2D eigenvalue weighted by Gasteiger charge is 2.31. The molecular weight excluding hydrogens is 194 g/mol. The maximum atomic E-state index is 11.5. The highest BCUT2D eigenvalue weighted by Crippen LogP contribution is 2.30. The summed E-state index contributed by atoms with van der Waals surface area (Å²) in [7, 11) is 1.66. The maximum absolute atomic E-state index is 11.5. The third kappa shape index (κ3) is 1.95. The van der Waals surface area contributed by atoms with Crippen molar-refractivity contribution in [3.05, 3.63) is 11.1 Å². The molecule has 4 nitrogen and oxygen atoms in total. The first-order valence-corrected chi connectivity index (χ1v) is 5.31. The molecule has 0 aromatic carbocycles. The van der Waals surface area contributed by atoms with Gasteiger partial charge in [0.15, 0.2) is 0 Å². The second kappa shape index (κ2) is 4.14. The predicted molar refractivity (Wildman–Crippen MR) is 54.1 cm³/mol. The Labute approximate surface area is 88.7 Å². The van der Waals surface area contributed by atoms with Crippen LogP contribution in [0.1, 0.15) is 32.1 Å². The van der Waals surface area contributed by atoms with Gasteiger partial charge in [-0.3, -0.25) is 14.9 Å². The monoisotopic (exact) mass is 209 g/mol. The van der Waals surface area contributed by atoms with Crippen LogP contribution in [0.3, 0.4) is 0 Å². The predicted octanol–water partition coefficient (Wildman–Crippen LogP) is 0.918. The summed E-state index contributed by atoms with van der Waals surface area (Å²) in [6, 6.07) is 0. The van der Waals surface area contributed by atoms with Gasteiger partial charge < -0.3 is 4.74 Å². The third-order valence-electron chi connectivity index (χ3n) is 3.09. The van der Waals surface area contributed by atoms with E-state index in [2.05, 4.69) is 5.32 Å². The number of hydrogen-bond acceptors (Lipinski definition) is 3. The first-order valence-electron chi connectivity index (χ1n) is 5.31. The number of imide groups is 1. The van der Waals surface area contributed by atoms with Gasteiger partial charge in [-0.15, -0.1) is 0 Å².